The van der Waals surface area contributed by atoms with Crippen LogP contribution in [0.1, 0.15) is 24.2 Å². The molecule has 0 aliphatic carbocycles. The van der Waals surface area contributed by atoms with Gasteiger partial charge in [-0.3, -0.25) is 0 Å². The summed E-state index contributed by atoms with van der Waals surface area (Å²) in [6.07, 6.45) is 0.981. The highest BCUT2D eigenvalue weighted by molar-refractivity contribution is 7.90. The van der Waals surface area contributed by atoms with Gasteiger partial charge in [-0.15, -0.1) is 0 Å². The zero-order valence-electron chi connectivity index (χ0n) is 15.1. The molecule has 2 rings (SSSR count). The van der Waals surface area contributed by atoms with Crippen molar-refractivity contribution < 1.29 is 32.3 Å². The zero-order chi connectivity index (χ0) is 20.2. The van der Waals surface area contributed by atoms with Crippen LogP contribution in [0.2, 0.25) is 0 Å². The topological polar surface area (TPSA) is 128 Å². The van der Waals surface area contributed by atoms with Gasteiger partial charge >= 0.3 is 18.0 Å². The normalized spacial score (nSPS) is 17.0. The van der Waals surface area contributed by atoms with E-state index in [-0.39, 0.29) is 28.3 Å². The van der Waals surface area contributed by atoms with Crippen molar-refractivity contribution in [2.75, 3.05) is 19.5 Å². The van der Waals surface area contributed by atoms with Crippen molar-refractivity contribution in [1.29, 1.82) is 0 Å². The molecule has 0 saturated heterocycles. The van der Waals surface area contributed by atoms with Crippen molar-refractivity contribution in [2.24, 2.45) is 0 Å². The Morgan fingerprint density at radius 2 is 1.81 bits per heavy atom. The Morgan fingerprint density at radius 3 is 2.44 bits per heavy atom. The molecule has 0 aromatic heterocycles. The molecular weight excluding hydrogens is 376 g/mol. The van der Waals surface area contributed by atoms with Crippen LogP contribution in [0.3, 0.4) is 0 Å². The summed E-state index contributed by atoms with van der Waals surface area (Å²) in [6, 6.07) is 4.41. The second-order valence-electron chi connectivity index (χ2n) is 5.78. The first-order valence-electron chi connectivity index (χ1n) is 8.09. The Kier molecular flexibility index (Phi) is 6.21. The lowest BCUT2D eigenvalue weighted by molar-refractivity contribution is -0.139. The second-order valence-corrected chi connectivity index (χ2v) is 7.76. The number of hydrogen-bond donors (Lipinski definition) is 2. The molecule has 0 spiro atoms. The van der Waals surface area contributed by atoms with Gasteiger partial charge in [0.1, 0.15) is 6.61 Å². The molecule has 1 aromatic rings. The zero-order valence-corrected chi connectivity index (χ0v) is 15.9. The first kappa shape index (κ1) is 20.4. The molecule has 1 heterocycles. The van der Waals surface area contributed by atoms with Crippen LogP contribution in [-0.4, -0.2) is 51.9 Å². The summed E-state index contributed by atoms with van der Waals surface area (Å²) >= 11 is 0. The summed E-state index contributed by atoms with van der Waals surface area (Å²) in [7, 11) is -3.64. The van der Waals surface area contributed by atoms with Gasteiger partial charge in [0.2, 0.25) is 0 Å². The van der Waals surface area contributed by atoms with Gasteiger partial charge < -0.3 is 20.1 Å². The summed E-state index contributed by atoms with van der Waals surface area (Å²) in [6.45, 7) is 2.94. The van der Waals surface area contributed by atoms with E-state index in [0.717, 1.165) is 6.26 Å². The van der Waals surface area contributed by atoms with E-state index < -0.39 is 40.5 Å². The minimum atomic E-state index is -3.64. The first-order chi connectivity index (χ1) is 12.6. The Hall–Kier alpha value is -2.88. The molecule has 2 amide bonds. The summed E-state index contributed by atoms with van der Waals surface area (Å²) in [4.78, 5) is 36.0. The smallest absolute Gasteiger partial charge is 0.339 e. The standard InChI is InChI=1S/C17H20N2O7S/c1-4-25-16(21)14-10(2)18-17(22)19-12(14)9-26-15(20)11-7-5-6-8-13(11)27(3,23)24/h5-8,10H,4,9H2,1-3H3,(H2,18,19,22). The number of amides is 2. The van der Waals surface area contributed by atoms with Crippen LogP contribution in [0.15, 0.2) is 40.4 Å². The van der Waals surface area contributed by atoms with Crippen molar-refractivity contribution in [3.05, 3.63) is 41.1 Å². The Bertz CT molecular complexity index is 906. The van der Waals surface area contributed by atoms with Crippen LogP contribution >= 0.6 is 0 Å². The van der Waals surface area contributed by atoms with E-state index in [9.17, 15) is 22.8 Å². The predicted octanol–water partition coefficient (Wildman–Crippen LogP) is 0.765. The second kappa shape index (κ2) is 8.21. The maximum atomic E-state index is 12.4. The number of benzene rings is 1. The van der Waals surface area contributed by atoms with Crippen LogP contribution in [0.4, 0.5) is 4.79 Å². The molecule has 1 aliphatic heterocycles. The van der Waals surface area contributed by atoms with Gasteiger partial charge in [0.15, 0.2) is 9.84 Å². The third-order valence-electron chi connectivity index (χ3n) is 3.72. The average molecular weight is 396 g/mol. The molecule has 9 nitrogen and oxygen atoms in total. The number of sulfone groups is 1. The molecule has 2 N–H and O–H groups in total. The quantitative estimate of drug-likeness (QED) is 0.680. The van der Waals surface area contributed by atoms with Crippen molar-refractivity contribution in [2.45, 2.75) is 24.8 Å². The van der Waals surface area contributed by atoms with E-state index in [1.165, 1.54) is 24.3 Å². The lowest BCUT2D eigenvalue weighted by Gasteiger charge is -2.26. The molecule has 0 saturated carbocycles. The lowest BCUT2D eigenvalue weighted by Crippen LogP contribution is -2.50. The SMILES string of the molecule is CCOC(=O)C1=C(COC(=O)c2ccccc2S(C)(=O)=O)NC(=O)NC1C. The molecule has 0 fully saturated rings. The summed E-state index contributed by atoms with van der Waals surface area (Å²) in [5.74, 6) is -1.55. The molecule has 0 bridgehead atoms. The first-order valence-corrected chi connectivity index (χ1v) is 9.98. The van der Waals surface area contributed by atoms with Crippen LogP contribution in [0, 0.1) is 0 Å². The maximum absolute atomic E-state index is 12.4. The summed E-state index contributed by atoms with van der Waals surface area (Å²) < 4.78 is 33.8. The van der Waals surface area contributed by atoms with Crippen LogP contribution < -0.4 is 10.6 Å². The molecular formula is C17H20N2O7S. The van der Waals surface area contributed by atoms with Gasteiger partial charge in [-0.2, -0.15) is 0 Å². The van der Waals surface area contributed by atoms with Gasteiger partial charge in [0.05, 0.1) is 34.4 Å². The van der Waals surface area contributed by atoms with Crippen molar-refractivity contribution in [3.8, 4) is 0 Å². The van der Waals surface area contributed by atoms with Crippen LogP contribution in [-0.2, 0) is 24.1 Å². The average Bonchev–Trinajstić information content (AvgIpc) is 2.58. The molecule has 27 heavy (non-hydrogen) atoms. The van der Waals surface area contributed by atoms with E-state index in [1.807, 2.05) is 0 Å². The predicted molar refractivity (Wildman–Crippen MR) is 94.6 cm³/mol. The van der Waals surface area contributed by atoms with E-state index in [4.69, 9.17) is 9.47 Å². The molecule has 1 atom stereocenters. The molecule has 1 aromatic carbocycles. The molecule has 0 radical (unpaired) electrons. The van der Waals surface area contributed by atoms with Gasteiger partial charge in [0.25, 0.3) is 0 Å². The maximum Gasteiger partial charge on any atom is 0.339 e. The fraction of sp³-hybridized carbons (Fsp3) is 0.353. The molecule has 146 valence electrons. The number of urea groups is 1. The van der Waals surface area contributed by atoms with E-state index in [1.54, 1.807) is 13.8 Å². The van der Waals surface area contributed by atoms with Crippen molar-refractivity contribution >= 4 is 27.8 Å². The number of rotatable bonds is 6. The molecule has 10 heteroatoms. The third kappa shape index (κ3) is 4.85. The van der Waals surface area contributed by atoms with Gasteiger partial charge in [-0.25, -0.2) is 22.8 Å². The minimum Gasteiger partial charge on any atom is -0.463 e. The Morgan fingerprint density at radius 1 is 1.15 bits per heavy atom. The summed E-state index contributed by atoms with van der Waals surface area (Å²) in [5, 5.41) is 4.94. The van der Waals surface area contributed by atoms with Crippen molar-refractivity contribution in [3.63, 3.8) is 0 Å². The minimum absolute atomic E-state index is 0.0786. The fourth-order valence-corrected chi connectivity index (χ4v) is 3.44. The number of esters is 2. The fourth-order valence-electron chi connectivity index (χ4n) is 2.57. The Labute approximate surface area is 156 Å². The summed E-state index contributed by atoms with van der Waals surface area (Å²) in [5.41, 5.74) is 0.0714. The monoisotopic (exact) mass is 396 g/mol. The highest BCUT2D eigenvalue weighted by atomic mass is 32.2. The highest BCUT2D eigenvalue weighted by Crippen LogP contribution is 2.18. The number of nitrogens with one attached hydrogen (secondary N) is 2. The molecule has 1 unspecified atom stereocenters. The van der Waals surface area contributed by atoms with Crippen LogP contribution in [0.25, 0.3) is 0 Å². The van der Waals surface area contributed by atoms with Gasteiger partial charge in [0, 0.05) is 6.26 Å². The Balaban J connectivity index is 2.28. The van der Waals surface area contributed by atoms with Crippen molar-refractivity contribution in [1.82, 2.24) is 10.6 Å². The highest BCUT2D eigenvalue weighted by Gasteiger charge is 2.30. The largest absolute Gasteiger partial charge is 0.463 e. The van der Waals surface area contributed by atoms with Crippen LogP contribution in [0.5, 0.6) is 0 Å². The number of carbonyl (C=O) groups excluding carboxylic acids is 3. The van der Waals surface area contributed by atoms with E-state index >= 15 is 0 Å². The lowest BCUT2D eigenvalue weighted by atomic mass is 10.0. The number of carbonyl (C=O) groups is 3. The van der Waals surface area contributed by atoms with Gasteiger partial charge in [-0.1, -0.05) is 12.1 Å². The third-order valence-corrected chi connectivity index (χ3v) is 4.87. The molecule has 1 aliphatic rings. The number of ether oxygens (including phenoxy) is 2. The van der Waals surface area contributed by atoms with E-state index in [0.29, 0.717) is 0 Å². The van der Waals surface area contributed by atoms with E-state index in [2.05, 4.69) is 10.6 Å². The van der Waals surface area contributed by atoms with Gasteiger partial charge in [-0.05, 0) is 26.0 Å². The number of hydrogen-bond acceptors (Lipinski definition) is 7.